The molecule has 0 aliphatic carbocycles. The van der Waals surface area contributed by atoms with Gasteiger partial charge in [0.25, 0.3) is 0 Å². The molecule has 0 saturated heterocycles. The first-order chi connectivity index (χ1) is 15.9. The lowest BCUT2D eigenvalue weighted by Gasteiger charge is -2.26. The third-order valence-corrected chi connectivity index (χ3v) is 5.87. The van der Waals surface area contributed by atoms with Gasteiger partial charge in [-0.05, 0) is 83.9 Å². The summed E-state index contributed by atoms with van der Waals surface area (Å²) in [5.74, 6) is 2.30. The average molecular weight is 439 g/mol. The Balaban J connectivity index is 1.44. The minimum atomic E-state index is -0.213. The van der Waals surface area contributed by atoms with Crippen LogP contribution in [-0.4, -0.2) is 18.0 Å². The van der Waals surface area contributed by atoms with Crippen LogP contribution in [0, 0.1) is 0 Å². The van der Waals surface area contributed by atoms with E-state index < -0.39 is 0 Å². The van der Waals surface area contributed by atoms with Crippen molar-refractivity contribution in [3.8, 4) is 23.0 Å². The number of ether oxygens (including phenoxy) is 2. The van der Waals surface area contributed by atoms with Gasteiger partial charge in [-0.25, -0.2) is 0 Å². The lowest BCUT2D eigenvalue weighted by Crippen LogP contribution is -2.18. The van der Waals surface area contributed by atoms with Gasteiger partial charge in [-0.2, -0.15) is 0 Å². The number of rotatable bonds is 7. The molecule has 4 heteroatoms. The van der Waals surface area contributed by atoms with Gasteiger partial charge in [0.1, 0.15) is 23.0 Å². The van der Waals surface area contributed by atoms with Gasteiger partial charge < -0.3 is 14.6 Å². The zero-order valence-electron chi connectivity index (χ0n) is 18.9. The van der Waals surface area contributed by atoms with E-state index in [0.29, 0.717) is 22.6 Å². The van der Waals surface area contributed by atoms with Crippen LogP contribution in [0.3, 0.4) is 0 Å². The molecule has 33 heavy (non-hydrogen) atoms. The second-order valence-corrected chi connectivity index (χ2v) is 8.38. The van der Waals surface area contributed by atoms with Crippen molar-refractivity contribution in [3.63, 3.8) is 0 Å². The standard InChI is InChI=1S/C29H26O4/c1-29(2,22-8-12-24(30)13-9-22)23-10-18-27(19-11-23)33-26-16-6-21(7-17-26)28(31)20-4-14-25(32-3)15-5-20/h4-19,30H,1-3H3. The molecule has 0 heterocycles. The molecule has 0 spiro atoms. The highest BCUT2D eigenvalue weighted by Crippen LogP contribution is 2.34. The molecule has 0 amide bonds. The minimum absolute atomic E-state index is 0.0509. The predicted molar refractivity (Wildman–Crippen MR) is 130 cm³/mol. The Morgan fingerprint density at radius 2 is 1.03 bits per heavy atom. The van der Waals surface area contributed by atoms with Crippen LogP contribution in [0.5, 0.6) is 23.0 Å². The fourth-order valence-corrected chi connectivity index (χ4v) is 3.70. The molecule has 166 valence electrons. The van der Waals surface area contributed by atoms with Crippen LogP contribution in [0.2, 0.25) is 0 Å². The van der Waals surface area contributed by atoms with E-state index in [9.17, 15) is 9.90 Å². The molecule has 4 nitrogen and oxygen atoms in total. The van der Waals surface area contributed by atoms with E-state index in [1.54, 1.807) is 67.8 Å². The summed E-state index contributed by atoms with van der Waals surface area (Å²) in [4.78, 5) is 12.7. The molecule has 0 aromatic heterocycles. The summed E-state index contributed by atoms with van der Waals surface area (Å²) < 4.78 is 11.1. The number of phenols is 1. The van der Waals surface area contributed by atoms with E-state index >= 15 is 0 Å². The summed E-state index contributed by atoms with van der Waals surface area (Å²) in [6.07, 6.45) is 0. The normalized spacial score (nSPS) is 11.1. The van der Waals surface area contributed by atoms with Crippen LogP contribution in [0.15, 0.2) is 97.1 Å². The lowest BCUT2D eigenvalue weighted by atomic mass is 9.78. The summed E-state index contributed by atoms with van der Waals surface area (Å²) in [5, 5.41) is 9.55. The zero-order chi connectivity index (χ0) is 23.4. The highest BCUT2D eigenvalue weighted by molar-refractivity contribution is 6.09. The topological polar surface area (TPSA) is 55.8 Å². The molecule has 0 saturated carbocycles. The highest BCUT2D eigenvalue weighted by Gasteiger charge is 2.23. The van der Waals surface area contributed by atoms with Gasteiger partial charge in [-0.15, -0.1) is 0 Å². The number of methoxy groups -OCH3 is 1. The van der Waals surface area contributed by atoms with Crippen molar-refractivity contribution >= 4 is 5.78 Å². The summed E-state index contributed by atoms with van der Waals surface area (Å²) in [5.41, 5.74) is 3.25. The van der Waals surface area contributed by atoms with E-state index in [1.165, 1.54) is 0 Å². The molecule has 0 unspecified atom stereocenters. The maximum absolute atomic E-state index is 12.7. The molecule has 4 aromatic rings. The second-order valence-electron chi connectivity index (χ2n) is 8.38. The first-order valence-corrected chi connectivity index (χ1v) is 10.7. The quantitative estimate of drug-likeness (QED) is 0.324. The monoisotopic (exact) mass is 438 g/mol. The maximum Gasteiger partial charge on any atom is 0.193 e. The number of carbonyl (C=O) groups is 1. The minimum Gasteiger partial charge on any atom is -0.508 e. The summed E-state index contributed by atoms with van der Waals surface area (Å²) >= 11 is 0. The molecular weight excluding hydrogens is 412 g/mol. The highest BCUT2D eigenvalue weighted by atomic mass is 16.5. The smallest absolute Gasteiger partial charge is 0.193 e. The number of hydrogen-bond acceptors (Lipinski definition) is 4. The first kappa shape index (κ1) is 22.2. The Labute approximate surface area is 194 Å². The van der Waals surface area contributed by atoms with Crippen LogP contribution in [0.1, 0.15) is 40.9 Å². The number of aromatic hydroxyl groups is 1. The molecule has 4 rings (SSSR count). The number of ketones is 1. The fraction of sp³-hybridized carbons (Fsp3) is 0.138. The van der Waals surface area contributed by atoms with Gasteiger partial charge in [-0.1, -0.05) is 38.1 Å². The zero-order valence-corrected chi connectivity index (χ0v) is 18.9. The molecule has 0 atom stereocenters. The van der Waals surface area contributed by atoms with E-state index in [1.807, 2.05) is 36.4 Å². The van der Waals surface area contributed by atoms with Crippen molar-refractivity contribution in [1.29, 1.82) is 0 Å². The van der Waals surface area contributed by atoms with Gasteiger partial charge in [0.2, 0.25) is 0 Å². The van der Waals surface area contributed by atoms with E-state index in [4.69, 9.17) is 9.47 Å². The summed E-state index contributed by atoms with van der Waals surface area (Å²) in [7, 11) is 1.60. The van der Waals surface area contributed by atoms with E-state index in [2.05, 4.69) is 13.8 Å². The first-order valence-electron chi connectivity index (χ1n) is 10.7. The van der Waals surface area contributed by atoms with Crippen LogP contribution in [0.25, 0.3) is 0 Å². The van der Waals surface area contributed by atoms with Gasteiger partial charge in [-0.3, -0.25) is 4.79 Å². The maximum atomic E-state index is 12.7. The molecule has 0 fully saturated rings. The lowest BCUT2D eigenvalue weighted by molar-refractivity contribution is 0.103. The summed E-state index contributed by atoms with van der Waals surface area (Å²) in [6.45, 7) is 4.29. The third-order valence-electron chi connectivity index (χ3n) is 5.87. The van der Waals surface area contributed by atoms with E-state index in [0.717, 1.165) is 16.9 Å². The molecule has 0 aliphatic rings. The molecule has 0 radical (unpaired) electrons. The van der Waals surface area contributed by atoms with Crippen molar-refractivity contribution in [2.45, 2.75) is 19.3 Å². The predicted octanol–water partition coefficient (Wildman–Crippen LogP) is 6.75. The van der Waals surface area contributed by atoms with Crippen molar-refractivity contribution in [1.82, 2.24) is 0 Å². The van der Waals surface area contributed by atoms with E-state index in [-0.39, 0.29) is 16.9 Å². The molecule has 0 aliphatic heterocycles. The number of benzene rings is 4. The third kappa shape index (κ3) is 4.90. The SMILES string of the molecule is COc1ccc(C(=O)c2ccc(Oc3ccc(C(C)(C)c4ccc(O)cc4)cc3)cc2)cc1. The Hall–Kier alpha value is -4.05. The van der Waals surface area contributed by atoms with Crippen LogP contribution < -0.4 is 9.47 Å². The molecule has 0 bridgehead atoms. The van der Waals surface area contributed by atoms with Crippen LogP contribution in [-0.2, 0) is 5.41 Å². The number of carbonyl (C=O) groups excluding carboxylic acids is 1. The Morgan fingerprint density at radius 3 is 1.48 bits per heavy atom. The summed E-state index contributed by atoms with van der Waals surface area (Å²) in [6, 6.07) is 29.5. The fourth-order valence-electron chi connectivity index (χ4n) is 3.70. The van der Waals surface area contributed by atoms with Crippen molar-refractivity contribution in [2.75, 3.05) is 7.11 Å². The van der Waals surface area contributed by atoms with Gasteiger partial charge in [0, 0.05) is 16.5 Å². The number of phenolic OH excluding ortho intramolecular Hbond substituents is 1. The van der Waals surface area contributed by atoms with Crippen LogP contribution >= 0.6 is 0 Å². The van der Waals surface area contributed by atoms with Gasteiger partial charge in [0.15, 0.2) is 5.78 Å². The molecular formula is C29H26O4. The second kappa shape index (κ2) is 9.21. The largest absolute Gasteiger partial charge is 0.508 e. The molecule has 1 N–H and O–H groups in total. The van der Waals surface area contributed by atoms with Crippen molar-refractivity contribution < 1.29 is 19.4 Å². The van der Waals surface area contributed by atoms with Crippen LogP contribution in [0.4, 0.5) is 0 Å². The molecule has 4 aromatic carbocycles. The Kier molecular flexibility index (Phi) is 6.18. The average Bonchev–Trinajstić information content (AvgIpc) is 2.85. The van der Waals surface area contributed by atoms with Gasteiger partial charge in [0.05, 0.1) is 7.11 Å². The van der Waals surface area contributed by atoms with Crippen molar-refractivity contribution in [2.24, 2.45) is 0 Å². The van der Waals surface area contributed by atoms with Crippen molar-refractivity contribution in [3.05, 3.63) is 119 Å². The number of hydrogen-bond donors (Lipinski definition) is 1. The Morgan fingerprint density at radius 1 is 0.636 bits per heavy atom. The van der Waals surface area contributed by atoms with Gasteiger partial charge >= 0.3 is 0 Å². The Bertz CT molecular complexity index is 1220.